The summed E-state index contributed by atoms with van der Waals surface area (Å²) in [4.78, 5) is 21.2. The number of ether oxygens (including phenoxy) is 2. The Morgan fingerprint density at radius 2 is 1.88 bits per heavy atom. The van der Waals surface area contributed by atoms with Crippen molar-refractivity contribution >= 4 is 6.09 Å². The molecule has 144 valence electrons. The van der Waals surface area contributed by atoms with E-state index in [0.717, 1.165) is 12.6 Å². The van der Waals surface area contributed by atoms with Gasteiger partial charge in [-0.1, -0.05) is 0 Å². The Hall–Kier alpha value is -2.06. The Labute approximate surface area is 149 Å². The Balaban J connectivity index is 1.70. The maximum absolute atomic E-state index is 12.6. The largest absolute Gasteiger partial charge is 0.471 e. The van der Waals surface area contributed by atoms with E-state index in [1.807, 2.05) is 6.92 Å². The van der Waals surface area contributed by atoms with Gasteiger partial charge >= 0.3 is 12.3 Å². The van der Waals surface area contributed by atoms with E-state index in [0.29, 0.717) is 12.6 Å². The molecule has 26 heavy (non-hydrogen) atoms. The standard InChI is InChI=1S/C17H22F3N3O3/c1-9-10-5-11(23(9)15(24)26-16(2,3)4)12(6-10)25-14-8-21-13(7-22-14)17(18,19)20/h7-12H,5-6H2,1-4H3/t9-,10-,11+,12-/m1/s1. The van der Waals surface area contributed by atoms with E-state index in [9.17, 15) is 18.0 Å². The van der Waals surface area contributed by atoms with Gasteiger partial charge in [0.05, 0.1) is 18.4 Å². The van der Waals surface area contributed by atoms with Crippen LogP contribution in [0.15, 0.2) is 12.4 Å². The number of carbonyl (C=O) groups excluding carboxylic acids is 1. The summed E-state index contributed by atoms with van der Waals surface area (Å²) < 4.78 is 48.9. The third-order valence-electron chi connectivity index (χ3n) is 4.78. The SMILES string of the molecule is C[C@@H]1[C@H]2C[C@@H](Oc3cnc(C(F)(F)F)cn3)[C@H](C2)N1C(=O)OC(C)(C)C. The number of hydrogen-bond donors (Lipinski definition) is 0. The van der Waals surface area contributed by atoms with Crippen LogP contribution in [0.2, 0.25) is 0 Å². The minimum atomic E-state index is -4.54. The minimum absolute atomic E-state index is 0.0207. The summed E-state index contributed by atoms with van der Waals surface area (Å²) in [6.45, 7) is 7.38. The lowest BCUT2D eigenvalue weighted by Gasteiger charge is -2.38. The van der Waals surface area contributed by atoms with E-state index in [1.165, 1.54) is 0 Å². The Kier molecular flexibility index (Phi) is 4.52. The maximum atomic E-state index is 12.6. The summed E-state index contributed by atoms with van der Waals surface area (Å²) in [5, 5.41) is 0. The lowest BCUT2D eigenvalue weighted by Crippen LogP contribution is -2.52. The van der Waals surface area contributed by atoms with E-state index in [2.05, 4.69) is 9.97 Å². The molecule has 2 fully saturated rings. The third kappa shape index (κ3) is 3.71. The van der Waals surface area contributed by atoms with Crippen LogP contribution < -0.4 is 4.74 Å². The molecular formula is C17H22F3N3O3. The average Bonchev–Trinajstić information content (AvgIpc) is 3.02. The number of aromatic nitrogens is 2. The molecule has 9 heteroatoms. The molecule has 1 aromatic rings. The van der Waals surface area contributed by atoms with E-state index in [1.54, 1.807) is 25.7 Å². The third-order valence-corrected chi connectivity index (χ3v) is 4.78. The minimum Gasteiger partial charge on any atom is -0.471 e. The summed E-state index contributed by atoms with van der Waals surface area (Å²) in [6.07, 6.45) is -2.17. The van der Waals surface area contributed by atoms with Crippen molar-refractivity contribution in [2.75, 3.05) is 0 Å². The lowest BCUT2D eigenvalue weighted by molar-refractivity contribution is -0.141. The first-order chi connectivity index (χ1) is 12.0. The van der Waals surface area contributed by atoms with Crippen LogP contribution in [-0.4, -0.2) is 44.7 Å². The molecule has 2 bridgehead atoms. The van der Waals surface area contributed by atoms with Crippen molar-refractivity contribution in [3.05, 3.63) is 18.1 Å². The molecule has 1 aliphatic carbocycles. The molecule has 0 unspecified atom stereocenters. The van der Waals surface area contributed by atoms with E-state index in [-0.39, 0.29) is 30.0 Å². The Morgan fingerprint density at radius 3 is 2.38 bits per heavy atom. The number of halogens is 3. The Morgan fingerprint density at radius 1 is 1.19 bits per heavy atom. The van der Waals surface area contributed by atoms with E-state index >= 15 is 0 Å². The van der Waals surface area contributed by atoms with Crippen LogP contribution in [-0.2, 0) is 10.9 Å². The number of hydrogen-bond acceptors (Lipinski definition) is 5. The van der Waals surface area contributed by atoms with E-state index < -0.39 is 23.6 Å². The second-order valence-electron chi connectivity index (χ2n) is 7.82. The van der Waals surface area contributed by atoms with Gasteiger partial charge in [-0.2, -0.15) is 13.2 Å². The molecule has 0 aromatic carbocycles. The molecule has 2 heterocycles. The van der Waals surface area contributed by atoms with Gasteiger partial charge in [0.15, 0.2) is 5.69 Å². The predicted octanol–water partition coefficient (Wildman–Crippen LogP) is 3.66. The van der Waals surface area contributed by atoms with Gasteiger partial charge in [0.2, 0.25) is 5.88 Å². The van der Waals surface area contributed by atoms with Crippen molar-refractivity contribution in [3.8, 4) is 5.88 Å². The number of nitrogens with zero attached hydrogens (tertiary/aromatic N) is 3. The van der Waals surface area contributed by atoms with Gasteiger partial charge in [-0.25, -0.2) is 14.8 Å². The molecule has 3 rings (SSSR count). The summed E-state index contributed by atoms with van der Waals surface area (Å²) in [5.41, 5.74) is -1.67. The van der Waals surface area contributed by atoms with Gasteiger partial charge in [-0.3, -0.25) is 4.90 Å². The van der Waals surface area contributed by atoms with Crippen molar-refractivity contribution < 1.29 is 27.4 Å². The molecule has 2 aliphatic rings. The smallest absolute Gasteiger partial charge is 0.434 e. The van der Waals surface area contributed by atoms with Crippen LogP contribution in [0.25, 0.3) is 0 Å². The second kappa shape index (κ2) is 6.28. The van der Waals surface area contributed by atoms with E-state index in [4.69, 9.17) is 9.47 Å². The molecular weight excluding hydrogens is 351 g/mol. The summed E-state index contributed by atoms with van der Waals surface area (Å²) >= 11 is 0. The molecule has 0 spiro atoms. The van der Waals surface area contributed by atoms with Gasteiger partial charge in [-0.15, -0.1) is 0 Å². The highest BCUT2D eigenvalue weighted by Gasteiger charge is 2.53. The molecule has 0 N–H and O–H groups in total. The fraction of sp³-hybridized carbons (Fsp3) is 0.706. The van der Waals surface area contributed by atoms with Crippen molar-refractivity contribution in [2.24, 2.45) is 5.92 Å². The van der Waals surface area contributed by atoms with Crippen molar-refractivity contribution in [1.82, 2.24) is 14.9 Å². The zero-order valence-electron chi connectivity index (χ0n) is 15.1. The highest BCUT2D eigenvalue weighted by molar-refractivity contribution is 5.70. The molecule has 0 radical (unpaired) electrons. The molecule has 1 aromatic heterocycles. The maximum Gasteiger partial charge on any atom is 0.434 e. The number of piperidine rings is 1. The summed E-state index contributed by atoms with van der Waals surface area (Å²) in [5.74, 6) is 0.285. The van der Waals surface area contributed by atoms with Gasteiger partial charge in [0.25, 0.3) is 0 Å². The quantitative estimate of drug-likeness (QED) is 0.792. The number of rotatable bonds is 2. The average molecular weight is 373 g/mol. The van der Waals surface area contributed by atoms with Crippen molar-refractivity contribution in [2.45, 2.75) is 70.5 Å². The van der Waals surface area contributed by atoms with Crippen LogP contribution in [0.4, 0.5) is 18.0 Å². The first-order valence-corrected chi connectivity index (χ1v) is 8.53. The number of alkyl halides is 3. The predicted molar refractivity (Wildman–Crippen MR) is 85.5 cm³/mol. The molecule has 1 saturated carbocycles. The second-order valence-corrected chi connectivity index (χ2v) is 7.82. The van der Waals surface area contributed by atoms with Gasteiger partial charge in [-0.05, 0) is 46.5 Å². The monoisotopic (exact) mass is 373 g/mol. The normalized spacial score (nSPS) is 28.3. The van der Waals surface area contributed by atoms with Gasteiger partial charge in [0, 0.05) is 6.04 Å². The highest BCUT2D eigenvalue weighted by Crippen LogP contribution is 2.44. The highest BCUT2D eigenvalue weighted by atomic mass is 19.4. The topological polar surface area (TPSA) is 64.6 Å². The number of likely N-dealkylation sites (tertiary alicyclic amines) is 1. The van der Waals surface area contributed by atoms with Crippen LogP contribution in [0.3, 0.4) is 0 Å². The van der Waals surface area contributed by atoms with Crippen LogP contribution in [0, 0.1) is 5.92 Å². The van der Waals surface area contributed by atoms with Gasteiger partial charge in [0.1, 0.15) is 11.7 Å². The summed E-state index contributed by atoms with van der Waals surface area (Å²) in [6, 6.07) is -0.151. The number of fused-ring (bicyclic) bond motifs is 2. The molecule has 4 atom stereocenters. The van der Waals surface area contributed by atoms with Crippen LogP contribution >= 0.6 is 0 Å². The lowest BCUT2D eigenvalue weighted by atomic mass is 9.99. The number of carbonyl (C=O) groups is 1. The Bertz CT molecular complexity index is 673. The zero-order chi connectivity index (χ0) is 19.3. The first-order valence-electron chi connectivity index (χ1n) is 8.53. The zero-order valence-corrected chi connectivity index (χ0v) is 15.1. The fourth-order valence-electron chi connectivity index (χ4n) is 3.65. The number of amides is 1. The first kappa shape index (κ1) is 18.7. The summed E-state index contributed by atoms with van der Waals surface area (Å²) in [7, 11) is 0. The van der Waals surface area contributed by atoms with Crippen molar-refractivity contribution in [1.29, 1.82) is 0 Å². The van der Waals surface area contributed by atoms with Gasteiger partial charge < -0.3 is 9.47 Å². The molecule has 1 saturated heterocycles. The molecule has 6 nitrogen and oxygen atoms in total. The molecule has 1 amide bonds. The van der Waals surface area contributed by atoms with Crippen LogP contribution in [0.5, 0.6) is 5.88 Å². The fourth-order valence-corrected chi connectivity index (χ4v) is 3.65. The van der Waals surface area contributed by atoms with Crippen LogP contribution in [0.1, 0.15) is 46.2 Å². The molecule has 1 aliphatic heterocycles. The van der Waals surface area contributed by atoms with Crippen molar-refractivity contribution in [3.63, 3.8) is 0 Å².